The van der Waals surface area contributed by atoms with Crippen LogP contribution in [-0.2, 0) is 0 Å². The summed E-state index contributed by atoms with van der Waals surface area (Å²) in [7, 11) is 0. The first kappa shape index (κ1) is 16.2. The number of nitrogens with one attached hydrogen (secondary N) is 1. The van der Waals surface area contributed by atoms with Gasteiger partial charge in [0.2, 0.25) is 0 Å². The van der Waals surface area contributed by atoms with Crippen LogP contribution < -0.4 is 5.32 Å². The first-order chi connectivity index (χ1) is 10.1. The number of phenols is 1. The summed E-state index contributed by atoms with van der Waals surface area (Å²) in [6.07, 6.45) is 3.89. The lowest BCUT2D eigenvalue weighted by Gasteiger charge is -2.44. The normalized spacial score (nSPS) is 22.0. The number of halogens is 3. The Bertz CT molecular complexity index is 528. The number of piperazine rings is 1. The summed E-state index contributed by atoms with van der Waals surface area (Å²) in [6.45, 7) is 4.22. The van der Waals surface area contributed by atoms with Crippen LogP contribution in [0.1, 0.15) is 30.9 Å². The van der Waals surface area contributed by atoms with Crippen LogP contribution in [0.15, 0.2) is 19.5 Å². The third-order valence-corrected chi connectivity index (χ3v) is 6.68. The van der Waals surface area contributed by atoms with Crippen molar-refractivity contribution in [2.24, 2.45) is 5.92 Å². The largest absolute Gasteiger partial charge is 0.506 e. The Labute approximate surface area is 150 Å². The smallest absolute Gasteiger partial charge is 0.144 e. The van der Waals surface area contributed by atoms with Gasteiger partial charge in [-0.3, -0.25) is 4.90 Å². The van der Waals surface area contributed by atoms with Crippen molar-refractivity contribution in [3.8, 4) is 5.75 Å². The highest BCUT2D eigenvalue weighted by molar-refractivity contribution is 9.11. The number of hydrogen-bond donors (Lipinski definition) is 2. The zero-order valence-electron chi connectivity index (χ0n) is 11.7. The standard InChI is InChI=1S/C15H19Br3N2O/c16-10-8-11(17)15(21)13(18)12(10)14(9-2-1-3-9)20-6-4-19-5-7-20/h8-9,14,19,21H,1-7H2/t14-/m0/s1. The van der Waals surface area contributed by atoms with E-state index >= 15 is 0 Å². The van der Waals surface area contributed by atoms with Crippen molar-refractivity contribution in [2.45, 2.75) is 25.3 Å². The number of benzene rings is 1. The van der Waals surface area contributed by atoms with E-state index in [1.165, 1.54) is 24.8 Å². The fourth-order valence-corrected chi connectivity index (χ4v) is 5.89. The van der Waals surface area contributed by atoms with Crippen LogP contribution in [0.3, 0.4) is 0 Å². The second kappa shape index (κ2) is 6.87. The van der Waals surface area contributed by atoms with E-state index in [-0.39, 0.29) is 0 Å². The summed E-state index contributed by atoms with van der Waals surface area (Å²) in [5, 5.41) is 13.7. The van der Waals surface area contributed by atoms with Crippen LogP contribution in [0, 0.1) is 5.92 Å². The molecule has 0 amide bonds. The maximum Gasteiger partial charge on any atom is 0.144 e. The minimum Gasteiger partial charge on any atom is -0.506 e. The number of phenolic OH excluding ortho intramolecular Hbond substituents is 1. The van der Waals surface area contributed by atoms with E-state index in [9.17, 15) is 5.11 Å². The molecule has 1 heterocycles. The van der Waals surface area contributed by atoms with Gasteiger partial charge < -0.3 is 10.4 Å². The Morgan fingerprint density at radius 1 is 1.14 bits per heavy atom. The van der Waals surface area contributed by atoms with E-state index in [1.54, 1.807) is 0 Å². The number of aromatic hydroxyl groups is 1. The van der Waals surface area contributed by atoms with Gasteiger partial charge in [0.25, 0.3) is 0 Å². The van der Waals surface area contributed by atoms with Gasteiger partial charge in [-0.25, -0.2) is 0 Å². The molecule has 21 heavy (non-hydrogen) atoms. The maximum absolute atomic E-state index is 10.3. The van der Waals surface area contributed by atoms with Crippen LogP contribution >= 0.6 is 47.8 Å². The fraction of sp³-hybridized carbons (Fsp3) is 0.600. The van der Waals surface area contributed by atoms with Gasteiger partial charge in [-0.05, 0) is 56.7 Å². The molecule has 0 bridgehead atoms. The number of nitrogens with zero attached hydrogens (tertiary/aromatic N) is 1. The molecule has 3 nitrogen and oxygen atoms in total. The van der Waals surface area contributed by atoms with Crippen LogP contribution in [0.25, 0.3) is 0 Å². The first-order valence-electron chi connectivity index (χ1n) is 7.40. The SMILES string of the molecule is Oc1c(Br)cc(Br)c([C@H](C2CCC2)N2CCNCC2)c1Br. The quantitative estimate of drug-likeness (QED) is 0.669. The zero-order chi connectivity index (χ0) is 15.0. The molecule has 6 heteroatoms. The van der Waals surface area contributed by atoms with Crippen molar-refractivity contribution in [3.05, 3.63) is 25.0 Å². The van der Waals surface area contributed by atoms with Crippen LogP contribution in [0.4, 0.5) is 0 Å². The molecule has 2 fully saturated rings. The Balaban J connectivity index is 2.01. The van der Waals surface area contributed by atoms with Crippen LogP contribution in [0.5, 0.6) is 5.75 Å². The van der Waals surface area contributed by atoms with E-state index in [0.29, 0.717) is 17.7 Å². The summed E-state index contributed by atoms with van der Waals surface area (Å²) in [6, 6.07) is 2.34. The Kier molecular flexibility index (Phi) is 5.31. The van der Waals surface area contributed by atoms with Crippen molar-refractivity contribution >= 4 is 47.8 Å². The average molecular weight is 483 g/mol. The number of hydrogen-bond acceptors (Lipinski definition) is 3. The highest BCUT2D eigenvalue weighted by atomic mass is 79.9. The first-order valence-corrected chi connectivity index (χ1v) is 9.78. The second-order valence-corrected chi connectivity index (χ2v) is 8.34. The average Bonchev–Trinajstić information content (AvgIpc) is 2.43. The van der Waals surface area contributed by atoms with Gasteiger partial charge in [-0.2, -0.15) is 0 Å². The van der Waals surface area contributed by atoms with E-state index in [0.717, 1.165) is 39.6 Å². The zero-order valence-corrected chi connectivity index (χ0v) is 16.5. The topological polar surface area (TPSA) is 35.5 Å². The van der Waals surface area contributed by atoms with Crippen LogP contribution in [0.2, 0.25) is 0 Å². The molecule has 2 N–H and O–H groups in total. The molecule has 0 aromatic heterocycles. The molecule has 0 radical (unpaired) electrons. The predicted octanol–water partition coefficient (Wildman–Crippen LogP) is 4.43. The summed E-state index contributed by atoms with van der Waals surface area (Å²) in [4.78, 5) is 2.57. The molecule has 2 aliphatic rings. The molecule has 0 spiro atoms. The van der Waals surface area contributed by atoms with Gasteiger partial charge in [0.05, 0.1) is 8.95 Å². The number of rotatable bonds is 3. The lowest BCUT2D eigenvalue weighted by atomic mass is 9.76. The molecule has 1 aromatic rings. The van der Waals surface area contributed by atoms with Crippen molar-refractivity contribution in [1.82, 2.24) is 10.2 Å². The highest BCUT2D eigenvalue weighted by Gasteiger charge is 2.36. The van der Waals surface area contributed by atoms with Gasteiger partial charge in [-0.1, -0.05) is 22.4 Å². The van der Waals surface area contributed by atoms with Gasteiger partial charge >= 0.3 is 0 Å². The van der Waals surface area contributed by atoms with E-state index in [2.05, 4.69) is 58.0 Å². The van der Waals surface area contributed by atoms with Crippen molar-refractivity contribution in [1.29, 1.82) is 0 Å². The summed E-state index contributed by atoms with van der Waals surface area (Å²) in [5.74, 6) is 0.990. The van der Waals surface area contributed by atoms with E-state index in [4.69, 9.17) is 0 Å². The monoisotopic (exact) mass is 480 g/mol. The van der Waals surface area contributed by atoms with Gasteiger partial charge in [0.1, 0.15) is 5.75 Å². The molecule has 0 unspecified atom stereocenters. The summed E-state index contributed by atoms with van der Waals surface area (Å²) in [5.41, 5.74) is 1.20. The van der Waals surface area contributed by atoms with Crippen LogP contribution in [-0.4, -0.2) is 36.2 Å². The molecule has 1 aliphatic heterocycles. The van der Waals surface area contributed by atoms with Crippen molar-refractivity contribution in [2.75, 3.05) is 26.2 Å². The lowest BCUT2D eigenvalue weighted by Crippen LogP contribution is -2.48. The fourth-order valence-electron chi connectivity index (χ4n) is 3.30. The molecule has 1 saturated carbocycles. The highest BCUT2D eigenvalue weighted by Crippen LogP contribution is 2.49. The Hall–Kier alpha value is 0.380. The molecular weight excluding hydrogens is 464 g/mol. The van der Waals surface area contributed by atoms with Gasteiger partial charge in [0, 0.05) is 42.3 Å². The van der Waals surface area contributed by atoms with E-state index in [1.807, 2.05) is 6.07 Å². The van der Waals surface area contributed by atoms with E-state index < -0.39 is 0 Å². The maximum atomic E-state index is 10.3. The summed E-state index contributed by atoms with van der Waals surface area (Å²) < 4.78 is 2.60. The molecule has 116 valence electrons. The molecule has 3 rings (SSSR count). The third kappa shape index (κ3) is 3.20. The molecular formula is C15H19Br3N2O. The predicted molar refractivity (Wildman–Crippen MR) is 95.7 cm³/mol. The third-order valence-electron chi connectivity index (χ3n) is 4.62. The van der Waals surface area contributed by atoms with Gasteiger partial charge in [0.15, 0.2) is 0 Å². The molecule has 1 aliphatic carbocycles. The van der Waals surface area contributed by atoms with Crippen molar-refractivity contribution < 1.29 is 5.11 Å². The Morgan fingerprint density at radius 3 is 2.38 bits per heavy atom. The second-order valence-electron chi connectivity index (χ2n) is 5.84. The lowest BCUT2D eigenvalue weighted by molar-refractivity contribution is 0.0826. The molecule has 1 saturated heterocycles. The van der Waals surface area contributed by atoms with Gasteiger partial charge in [-0.15, -0.1) is 0 Å². The Morgan fingerprint density at radius 2 is 1.81 bits per heavy atom. The molecule has 1 aromatic carbocycles. The minimum atomic E-state index is 0.299. The summed E-state index contributed by atoms with van der Waals surface area (Å²) >= 11 is 10.7. The minimum absolute atomic E-state index is 0.299. The molecule has 1 atom stereocenters. The van der Waals surface area contributed by atoms with Crippen molar-refractivity contribution in [3.63, 3.8) is 0 Å².